The van der Waals surface area contributed by atoms with Crippen molar-refractivity contribution in [2.75, 3.05) is 14.1 Å². The summed E-state index contributed by atoms with van der Waals surface area (Å²) in [5.74, 6) is 2.58. The molecule has 2 saturated carbocycles. The first-order chi connectivity index (χ1) is 9.49. The fourth-order valence-corrected chi connectivity index (χ4v) is 4.81. The molecule has 0 aromatic heterocycles. The van der Waals surface area contributed by atoms with E-state index in [0.29, 0.717) is 6.04 Å². The molecule has 118 valence electrons. The Kier molecular flexibility index (Phi) is 5.53. The lowest BCUT2D eigenvalue weighted by Gasteiger charge is -2.51. The van der Waals surface area contributed by atoms with E-state index in [1.165, 1.54) is 57.8 Å². The van der Waals surface area contributed by atoms with E-state index in [4.69, 9.17) is 5.73 Å². The molecule has 20 heavy (non-hydrogen) atoms. The van der Waals surface area contributed by atoms with Gasteiger partial charge in [0.25, 0.3) is 0 Å². The van der Waals surface area contributed by atoms with Crippen LogP contribution in [0, 0.1) is 17.8 Å². The van der Waals surface area contributed by atoms with Crippen molar-refractivity contribution in [2.24, 2.45) is 23.5 Å². The van der Waals surface area contributed by atoms with Crippen LogP contribution in [-0.2, 0) is 0 Å². The molecule has 2 heteroatoms. The van der Waals surface area contributed by atoms with Gasteiger partial charge in [-0.05, 0) is 70.4 Å². The monoisotopic (exact) mass is 280 g/mol. The molecule has 2 fully saturated rings. The van der Waals surface area contributed by atoms with Crippen molar-refractivity contribution in [3.8, 4) is 0 Å². The summed E-state index contributed by atoms with van der Waals surface area (Å²) in [5, 5.41) is 0. The number of rotatable bonds is 4. The van der Waals surface area contributed by atoms with Gasteiger partial charge in [0.15, 0.2) is 0 Å². The molecule has 2 aliphatic rings. The second kappa shape index (κ2) is 6.79. The predicted octanol–water partition coefficient (Wildman–Crippen LogP) is 4.04. The van der Waals surface area contributed by atoms with E-state index in [1.54, 1.807) is 0 Å². The molecule has 0 amide bonds. The summed E-state index contributed by atoms with van der Waals surface area (Å²) in [6.45, 7) is 4.75. The van der Waals surface area contributed by atoms with Crippen LogP contribution in [0.15, 0.2) is 0 Å². The molecule has 0 bridgehead atoms. The Bertz CT molecular complexity index is 292. The van der Waals surface area contributed by atoms with Crippen molar-refractivity contribution in [3.63, 3.8) is 0 Å². The molecule has 0 aromatic rings. The Hall–Kier alpha value is -0.0800. The minimum atomic E-state index is 0.271. The van der Waals surface area contributed by atoms with Gasteiger partial charge in [-0.25, -0.2) is 0 Å². The van der Waals surface area contributed by atoms with Crippen LogP contribution >= 0.6 is 0 Å². The van der Waals surface area contributed by atoms with Crippen molar-refractivity contribution in [3.05, 3.63) is 0 Å². The lowest BCUT2D eigenvalue weighted by atomic mass is 9.65. The molecule has 3 atom stereocenters. The lowest BCUT2D eigenvalue weighted by molar-refractivity contribution is 0.0237. The lowest BCUT2D eigenvalue weighted by Crippen LogP contribution is -2.62. The van der Waals surface area contributed by atoms with E-state index < -0.39 is 0 Å². The van der Waals surface area contributed by atoms with Crippen molar-refractivity contribution in [1.82, 2.24) is 4.90 Å². The van der Waals surface area contributed by atoms with Gasteiger partial charge in [0.1, 0.15) is 0 Å². The molecule has 2 nitrogen and oxygen atoms in total. The van der Waals surface area contributed by atoms with Crippen LogP contribution in [0.5, 0.6) is 0 Å². The molecule has 0 spiro atoms. The second-order valence-corrected chi connectivity index (χ2v) is 7.91. The van der Waals surface area contributed by atoms with Crippen LogP contribution in [0.4, 0.5) is 0 Å². The molecule has 0 aliphatic heterocycles. The zero-order valence-electron chi connectivity index (χ0n) is 14.2. The van der Waals surface area contributed by atoms with Gasteiger partial charge in [-0.3, -0.25) is 0 Å². The van der Waals surface area contributed by atoms with Crippen molar-refractivity contribution in [1.29, 1.82) is 0 Å². The highest BCUT2D eigenvalue weighted by molar-refractivity contribution is 5.03. The van der Waals surface area contributed by atoms with Crippen LogP contribution in [-0.4, -0.2) is 30.6 Å². The summed E-state index contributed by atoms with van der Waals surface area (Å²) in [6, 6.07) is 0.374. The first-order valence-electron chi connectivity index (χ1n) is 8.92. The Morgan fingerprint density at radius 2 is 1.80 bits per heavy atom. The molecule has 0 heterocycles. The van der Waals surface area contributed by atoms with E-state index in [2.05, 4.69) is 32.8 Å². The maximum Gasteiger partial charge on any atom is 0.0357 e. The fraction of sp³-hybridized carbons (Fsp3) is 1.00. The first kappa shape index (κ1) is 16.3. The third kappa shape index (κ3) is 3.22. The number of hydrogen-bond donors (Lipinski definition) is 1. The predicted molar refractivity (Wildman–Crippen MR) is 87.8 cm³/mol. The Morgan fingerprint density at radius 3 is 2.35 bits per heavy atom. The highest BCUT2D eigenvalue weighted by Gasteiger charge is 2.45. The van der Waals surface area contributed by atoms with Gasteiger partial charge in [-0.15, -0.1) is 0 Å². The minimum Gasteiger partial charge on any atom is -0.326 e. The highest BCUT2D eigenvalue weighted by Crippen LogP contribution is 2.43. The highest BCUT2D eigenvalue weighted by atomic mass is 15.2. The molecular formula is C18H36N2. The number of nitrogens with zero attached hydrogens (tertiary/aromatic N) is 1. The molecular weight excluding hydrogens is 244 g/mol. The summed E-state index contributed by atoms with van der Waals surface area (Å²) in [7, 11) is 4.52. The summed E-state index contributed by atoms with van der Waals surface area (Å²) in [4.78, 5) is 2.47. The maximum absolute atomic E-state index is 6.88. The molecule has 2 aliphatic carbocycles. The average Bonchev–Trinajstić information content (AvgIpc) is 2.47. The van der Waals surface area contributed by atoms with Gasteiger partial charge in [-0.2, -0.15) is 0 Å². The Labute approximate surface area is 126 Å². The number of hydrogen-bond acceptors (Lipinski definition) is 2. The molecule has 0 aromatic carbocycles. The largest absolute Gasteiger partial charge is 0.326 e. The smallest absolute Gasteiger partial charge is 0.0357 e. The molecule has 0 radical (unpaired) electrons. The van der Waals surface area contributed by atoms with E-state index in [0.717, 1.165) is 17.8 Å². The van der Waals surface area contributed by atoms with E-state index in [-0.39, 0.29) is 5.54 Å². The maximum atomic E-state index is 6.88. The number of likely N-dealkylation sites (N-methyl/N-ethyl adjacent to an activating group) is 1. The topological polar surface area (TPSA) is 29.3 Å². The summed E-state index contributed by atoms with van der Waals surface area (Å²) in [5.41, 5.74) is 7.15. The third-order valence-corrected chi connectivity index (χ3v) is 6.56. The van der Waals surface area contributed by atoms with E-state index in [9.17, 15) is 0 Å². The number of nitrogens with two attached hydrogens (primary N) is 1. The molecule has 2 N–H and O–H groups in total. The zero-order chi connectivity index (χ0) is 14.8. The summed E-state index contributed by atoms with van der Waals surface area (Å²) >= 11 is 0. The van der Waals surface area contributed by atoms with Gasteiger partial charge in [0.2, 0.25) is 0 Å². The van der Waals surface area contributed by atoms with Gasteiger partial charge < -0.3 is 10.6 Å². The van der Waals surface area contributed by atoms with Gasteiger partial charge >= 0.3 is 0 Å². The molecule has 0 saturated heterocycles. The van der Waals surface area contributed by atoms with Crippen LogP contribution in [0.1, 0.15) is 71.6 Å². The van der Waals surface area contributed by atoms with Gasteiger partial charge in [0.05, 0.1) is 0 Å². The van der Waals surface area contributed by atoms with E-state index >= 15 is 0 Å². The van der Waals surface area contributed by atoms with Crippen molar-refractivity contribution >= 4 is 0 Å². The van der Waals surface area contributed by atoms with Crippen LogP contribution in [0.2, 0.25) is 0 Å². The fourth-order valence-electron chi connectivity index (χ4n) is 4.81. The average molecular weight is 281 g/mol. The van der Waals surface area contributed by atoms with Gasteiger partial charge in [-0.1, -0.05) is 33.1 Å². The third-order valence-electron chi connectivity index (χ3n) is 6.56. The second-order valence-electron chi connectivity index (χ2n) is 7.91. The standard InChI is InChI=1S/C18H36N2/c1-5-15-7-6-8-16(13-15)17(19)18(20(3)4)11-9-14(2)10-12-18/h14-17H,5-13,19H2,1-4H3. The van der Waals surface area contributed by atoms with Crippen molar-refractivity contribution < 1.29 is 0 Å². The zero-order valence-corrected chi connectivity index (χ0v) is 14.2. The molecule has 2 rings (SSSR count). The summed E-state index contributed by atoms with van der Waals surface area (Å²) in [6.07, 6.45) is 12.2. The van der Waals surface area contributed by atoms with Crippen LogP contribution in [0.25, 0.3) is 0 Å². The quantitative estimate of drug-likeness (QED) is 0.842. The van der Waals surface area contributed by atoms with Crippen LogP contribution < -0.4 is 5.73 Å². The van der Waals surface area contributed by atoms with Crippen molar-refractivity contribution in [2.45, 2.75) is 83.2 Å². The molecule has 3 unspecified atom stereocenters. The SMILES string of the molecule is CCC1CCCC(C(N)C2(N(C)C)CCC(C)CC2)C1. The Morgan fingerprint density at radius 1 is 1.15 bits per heavy atom. The normalized spacial score (nSPS) is 40.8. The van der Waals surface area contributed by atoms with E-state index in [1.807, 2.05) is 0 Å². The summed E-state index contributed by atoms with van der Waals surface area (Å²) < 4.78 is 0. The Balaban J connectivity index is 2.08. The minimum absolute atomic E-state index is 0.271. The first-order valence-corrected chi connectivity index (χ1v) is 8.92. The van der Waals surface area contributed by atoms with Crippen LogP contribution in [0.3, 0.4) is 0 Å². The van der Waals surface area contributed by atoms with Gasteiger partial charge in [0, 0.05) is 11.6 Å².